The normalized spacial score (nSPS) is 10.4. The van der Waals surface area contributed by atoms with Gasteiger partial charge in [-0.3, -0.25) is 4.98 Å². The van der Waals surface area contributed by atoms with Gasteiger partial charge in [-0.05, 0) is 50.7 Å². The summed E-state index contributed by atoms with van der Waals surface area (Å²) in [6, 6.07) is 6.77. The molecular formula is C25H39ClF2N2. The Hall–Kier alpha value is -1.52. The number of alkyl halides is 2. The van der Waals surface area contributed by atoms with E-state index in [1.807, 2.05) is 34.0 Å². The van der Waals surface area contributed by atoms with E-state index in [1.54, 1.807) is 18.3 Å². The Morgan fingerprint density at radius 2 is 1.60 bits per heavy atom. The predicted octanol–water partition coefficient (Wildman–Crippen LogP) is 8.45. The van der Waals surface area contributed by atoms with Gasteiger partial charge in [-0.2, -0.15) is 0 Å². The zero-order chi connectivity index (χ0) is 22.9. The molecule has 0 saturated heterocycles. The third kappa shape index (κ3) is 11.0. The van der Waals surface area contributed by atoms with Gasteiger partial charge in [0, 0.05) is 23.5 Å². The lowest BCUT2D eigenvalue weighted by Crippen LogP contribution is -2.13. The smallest absolute Gasteiger partial charge is 0.264 e. The van der Waals surface area contributed by atoms with E-state index in [0.717, 1.165) is 24.9 Å². The van der Waals surface area contributed by atoms with Gasteiger partial charge in [0.25, 0.3) is 6.43 Å². The number of halogens is 3. The first-order chi connectivity index (χ1) is 14.4. The van der Waals surface area contributed by atoms with Crippen molar-refractivity contribution in [2.45, 2.75) is 72.6 Å². The molecule has 0 radical (unpaired) electrons. The lowest BCUT2D eigenvalue weighted by atomic mass is 9.96. The van der Waals surface area contributed by atoms with E-state index in [4.69, 9.17) is 11.6 Å². The van der Waals surface area contributed by atoms with Crippen LogP contribution in [0, 0.1) is 0 Å². The lowest BCUT2D eigenvalue weighted by Gasteiger charge is -2.14. The SMILES string of the molecule is CC.CCCCCC.CN(C)CCCc1ccc(C(F)F)c(-c2ccncc2Cl)c1. The van der Waals surface area contributed by atoms with Crippen LogP contribution < -0.4 is 0 Å². The number of rotatable bonds is 9. The van der Waals surface area contributed by atoms with Gasteiger partial charge in [-0.25, -0.2) is 8.78 Å². The summed E-state index contributed by atoms with van der Waals surface area (Å²) in [6.45, 7) is 9.42. The summed E-state index contributed by atoms with van der Waals surface area (Å²) in [6.07, 6.45) is 7.87. The number of unbranched alkanes of at least 4 members (excludes halogenated alkanes) is 3. The van der Waals surface area contributed by atoms with Crippen LogP contribution in [0.25, 0.3) is 11.1 Å². The van der Waals surface area contributed by atoms with Gasteiger partial charge in [-0.15, -0.1) is 0 Å². The van der Waals surface area contributed by atoms with Crippen molar-refractivity contribution in [3.05, 3.63) is 52.8 Å². The summed E-state index contributed by atoms with van der Waals surface area (Å²) in [5, 5.41) is 0.384. The first kappa shape index (κ1) is 28.5. The minimum atomic E-state index is -2.53. The fourth-order valence-corrected chi connectivity index (χ4v) is 3.10. The van der Waals surface area contributed by atoms with Crippen LogP contribution in [-0.2, 0) is 6.42 Å². The molecule has 0 aliphatic rings. The maximum atomic E-state index is 13.3. The second-order valence-electron chi connectivity index (χ2n) is 7.19. The van der Waals surface area contributed by atoms with Gasteiger partial charge in [0.15, 0.2) is 0 Å². The highest BCUT2D eigenvalue weighted by molar-refractivity contribution is 6.33. The van der Waals surface area contributed by atoms with Gasteiger partial charge < -0.3 is 4.90 Å². The number of hydrogen-bond acceptors (Lipinski definition) is 2. The zero-order valence-corrected chi connectivity index (χ0v) is 20.3. The molecule has 170 valence electrons. The maximum absolute atomic E-state index is 13.3. The second-order valence-corrected chi connectivity index (χ2v) is 7.60. The van der Waals surface area contributed by atoms with Crippen molar-refractivity contribution in [2.24, 2.45) is 0 Å². The molecule has 0 saturated carbocycles. The molecule has 0 amide bonds. The fraction of sp³-hybridized carbons (Fsp3) is 0.560. The molecule has 5 heteroatoms. The molecule has 2 nitrogen and oxygen atoms in total. The zero-order valence-electron chi connectivity index (χ0n) is 19.5. The summed E-state index contributed by atoms with van der Waals surface area (Å²) >= 11 is 6.12. The minimum absolute atomic E-state index is 0.00413. The first-order valence-corrected chi connectivity index (χ1v) is 11.4. The molecule has 0 N–H and O–H groups in total. The van der Waals surface area contributed by atoms with Crippen LogP contribution in [0.4, 0.5) is 8.78 Å². The summed E-state index contributed by atoms with van der Waals surface area (Å²) < 4.78 is 26.5. The molecule has 0 bridgehead atoms. The minimum Gasteiger partial charge on any atom is -0.309 e. The number of hydrogen-bond donors (Lipinski definition) is 0. The number of nitrogens with zero attached hydrogens (tertiary/aromatic N) is 2. The molecule has 0 unspecified atom stereocenters. The molecule has 0 atom stereocenters. The van der Waals surface area contributed by atoms with Crippen LogP contribution in [0.2, 0.25) is 5.02 Å². The Labute approximate surface area is 187 Å². The summed E-state index contributed by atoms with van der Waals surface area (Å²) in [7, 11) is 4.03. The lowest BCUT2D eigenvalue weighted by molar-refractivity contribution is 0.152. The second kappa shape index (κ2) is 17.2. The van der Waals surface area contributed by atoms with Gasteiger partial charge >= 0.3 is 0 Å². The van der Waals surface area contributed by atoms with E-state index in [9.17, 15) is 8.78 Å². The largest absolute Gasteiger partial charge is 0.309 e. The van der Waals surface area contributed by atoms with Gasteiger partial charge in [0.05, 0.1) is 5.02 Å². The highest BCUT2D eigenvalue weighted by Gasteiger charge is 2.16. The average molecular weight is 441 g/mol. The van der Waals surface area contributed by atoms with Crippen molar-refractivity contribution < 1.29 is 8.78 Å². The quantitative estimate of drug-likeness (QED) is 0.363. The Bertz CT molecular complexity index is 687. The Kier molecular flexibility index (Phi) is 16.3. The number of aryl methyl sites for hydroxylation is 1. The average Bonchev–Trinajstić information content (AvgIpc) is 2.74. The van der Waals surface area contributed by atoms with E-state index in [0.29, 0.717) is 16.1 Å². The highest BCUT2D eigenvalue weighted by Crippen LogP contribution is 2.35. The van der Waals surface area contributed by atoms with Crippen LogP contribution in [0.3, 0.4) is 0 Å². The van der Waals surface area contributed by atoms with Crippen molar-refractivity contribution in [3.8, 4) is 11.1 Å². The Balaban J connectivity index is 0.000000905. The van der Waals surface area contributed by atoms with E-state index in [-0.39, 0.29) is 5.56 Å². The molecular weight excluding hydrogens is 402 g/mol. The molecule has 0 aliphatic heterocycles. The Morgan fingerprint density at radius 3 is 2.10 bits per heavy atom. The monoisotopic (exact) mass is 440 g/mol. The molecule has 0 spiro atoms. The molecule has 2 aromatic rings. The molecule has 1 aromatic carbocycles. The molecule has 1 heterocycles. The summed E-state index contributed by atoms with van der Waals surface area (Å²) in [4.78, 5) is 6.02. The van der Waals surface area contributed by atoms with Crippen molar-refractivity contribution >= 4 is 11.6 Å². The number of benzene rings is 1. The summed E-state index contributed by atoms with van der Waals surface area (Å²) in [5.41, 5.74) is 2.13. The van der Waals surface area contributed by atoms with E-state index >= 15 is 0 Å². The molecule has 30 heavy (non-hydrogen) atoms. The van der Waals surface area contributed by atoms with E-state index < -0.39 is 6.43 Å². The first-order valence-electron chi connectivity index (χ1n) is 11.1. The molecule has 2 rings (SSSR count). The standard InChI is InChI=1S/C17H19ClF2N2.C6H14.C2H6/c1-22(2)9-3-4-12-5-6-14(17(19)20)15(10-12)13-7-8-21-11-16(13)18;1-3-5-6-4-2;1-2/h5-8,10-11,17H,3-4,9H2,1-2H3;3-6H2,1-2H3;1-2H3. The van der Waals surface area contributed by atoms with Crippen LogP contribution in [-0.4, -0.2) is 30.5 Å². The van der Waals surface area contributed by atoms with Crippen molar-refractivity contribution in [3.63, 3.8) is 0 Å². The summed E-state index contributed by atoms with van der Waals surface area (Å²) in [5.74, 6) is 0. The van der Waals surface area contributed by atoms with Crippen LogP contribution in [0.15, 0.2) is 36.7 Å². The van der Waals surface area contributed by atoms with Crippen molar-refractivity contribution in [1.82, 2.24) is 9.88 Å². The van der Waals surface area contributed by atoms with Crippen molar-refractivity contribution in [1.29, 1.82) is 0 Å². The Morgan fingerprint density at radius 1 is 0.967 bits per heavy atom. The van der Waals surface area contributed by atoms with Crippen molar-refractivity contribution in [2.75, 3.05) is 20.6 Å². The fourth-order valence-electron chi connectivity index (χ4n) is 2.88. The van der Waals surface area contributed by atoms with Gasteiger partial charge in [0.2, 0.25) is 0 Å². The van der Waals surface area contributed by atoms with Crippen LogP contribution in [0.1, 0.15) is 77.4 Å². The van der Waals surface area contributed by atoms with E-state index in [2.05, 4.69) is 23.7 Å². The molecule has 1 aromatic heterocycles. The topological polar surface area (TPSA) is 16.1 Å². The van der Waals surface area contributed by atoms with E-state index in [1.165, 1.54) is 37.9 Å². The third-order valence-electron chi connectivity index (χ3n) is 4.44. The highest BCUT2D eigenvalue weighted by atomic mass is 35.5. The van der Waals surface area contributed by atoms with Gasteiger partial charge in [-0.1, -0.05) is 83.2 Å². The third-order valence-corrected chi connectivity index (χ3v) is 4.74. The molecule has 0 fully saturated rings. The predicted molar refractivity (Wildman–Crippen MR) is 128 cm³/mol. The maximum Gasteiger partial charge on any atom is 0.264 e. The van der Waals surface area contributed by atoms with Crippen LogP contribution in [0.5, 0.6) is 0 Å². The van der Waals surface area contributed by atoms with Crippen LogP contribution >= 0.6 is 11.6 Å². The number of pyridine rings is 1. The molecule has 0 aliphatic carbocycles. The van der Waals surface area contributed by atoms with Gasteiger partial charge in [0.1, 0.15) is 0 Å². The number of aromatic nitrogens is 1.